The number of ether oxygens (including phenoxy) is 6. The lowest BCUT2D eigenvalue weighted by Crippen LogP contribution is -2.36. The van der Waals surface area contributed by atoms with Crippen LogP contribution >= 0.6 is 15.9 Å². The maximum atomic E-state index is 12.3. The molecule has 0 atom stereocenters. The van der Waals surface area contributed by atoms with Crippen LogP contribution in [-0.2, 0) is 57.2 Å². The molecule has 0 unspecified atom stereocenters. The van der Waals surface area contributed by atoms with Crippen molar-refractivity contribution in [1.29, 1.82) is 0 Å². The van der Waals surface area contributed by atoms with Gasteiger partial charge in [0.15, 0.2) is 5.92 Å². The Morgan fingerprint density at radius 1 is 0.471 bits per heavy atom. The molecule has 0 aliphatic heterocycles. The van der Waals surface area contributed by atoms with Gasteiger partial charge in [0.05, 0.1) is 13.2 Å². The van der Waals surface area contributed by atoms with Crippen LogP contribution in [0.15, 0.2) is 0 Å². The molecule has 12 nitrogen and oxygen atoms in total. The van der Waals surface area contributed by atoms with Crippen molar-refractivity contribution >= 4 is 51.7 Å². The van der Waals surface area contributed by atoms with Crippen LogP contribution in [0.3, 0.4) is 0 Å². The lowest BCUT2D eigenvalue weighted by molar-refractivity contribution is -0.175. The summed E-state index contributed by atoms with van der Waals surface area (Å²) in [7, 11) is 0. The SMILES string of the molecule is CC(C)(C)OC(=O)CC(=O)OC(C)(C)C.CCOC(=O)CCCCCBr.CCOC(=O)CCCCCC(C(=O)OC(C)(C)C)C(=O)OC(C)(C)C. The van der Waals surface area contributed by atoms with E-state index in [1.54, 1.807) is 90.0 Å². The number of unbranched alkanes of at least 4 members (excludes halogenated alkanes) is 4. The van der Waals surface area contributed by atoms with E-state index in [4.69, 9.17) is 28.4 Å². The van der Waals surface area contributed by atoms with Crippen molar-refractivity contribution in [3.8, 4) is 0 Å². The first kappa shape index (κ1) is 52.7. The zero-order valence-corrected chi connectivity index (χ0v) is 35.6. The van der Waals surface area contributed by atoms with Crippen molar-refractivity contribution in [2.45, 2.75) is 184 Å². The Morgan fingerprint density at radius 2 is 0.804 bits per heavy atom. The third-order valence-corrected chi connectivity index (χ3v) is 6.07. The molecule has 0 heterocycles. The fourth-order valence-corrected chi connectivity index (χ4v) is 4.15. The molecule has 51 heavy (non-hydrogen) atoms. The second-order valence-electron chi connectivity index (χ2n) is 15.7. The van der Waals surface area contributed by atoms with Gasteiger partial charge < -0.3 is 28.4 Å². The van der Waals surface area contributed by atoms with Crippen LogP contribution in [0.5, 0.6) is 0 Å². The van der Waals surface area contributed by atoms with Gasteiger partial charge in [0.1, 0.15) is 28.8 Å². The van der Waals surface area contributed by atoms with E-state index in [2.05, 4.69) is 15.9 Å². The summed E-state index contributed by atoms with van der Waals surface area (Å²) in [5.74, 6) is -3.48. The van der Waals surface area contributed by atoms with Crippen LogP contribution in [-0.4, -0.2) is 76.8 Å². The van der Waals surface area contributed by atoms with E-state index in [1.807, 2.05) is 6.92 Å². The smallest absolute Gasteiger partial charge is 0.320 e. The van der Waals surface area contributed by atoms with Crippen LogP contribution in [0.1, 0.15) is 161 Å². The van der Waals surface area contributed by atoms with Crippen molar-refractivity contribution < 1.29 is 57.2 Å². The molecule has 0 aromatic rings. The zero-order chi connectivity index (χ0) is 40.5. The topological polar surface area (TPSA) is 158 Å². The summed E-state index contributed by atoms with van der Waals surface area (Å²) in [5, 5.41) is 1.02. The molecule has 0 spiro atoms. The summed E-state index contributed by atoms with van der Waals surface area (Å²) in [6.45, 7) is 25.5. The maximum Gasteiger partial charge on any atom is 0.320 e. The number of rotatable bonds is 17. The minimum absolute atomic E-state index is 0.0675. The van der Waals surface area contributed by atoms with Gasteiger partial charge >= 0.3 is 35.8 Å². The Labute approximate surface area is 316 Å². The molecular weight excluding hydrogens is 728 g/mol. The Bertz CT molecular complexity index is 973. The van der Waals surface area contributed by atoms with E-state index in [9.17, 15) is 28.8 Å². The van der Waals surface area contributed by atoms with E-state index >= 15 is 0 Å². The van der Waals surface area contributed by atoms with Crippen molar-refractivity contribution in [3.63, 3.8) is 0 Å². The van der Waals surface area contributed by atoms with Gasteiger partial charge in [0, 0.05) is 18.2 Å². The minimum Gasteiger partial charge on any atom is -0.466 e. The first-order chi connectivity index (χ1) is 23.2. The van der Waals surface area contributed by atoms with Crippen molar-refractivity contribution in [2.24, 2.45) is 5.92 Å². The molecule has 13 heteroatoms. The molecule has 0 rings (SSSR count). The van der Waals surface area contributed by atoms with E-state index in [-0.39, 0.29) is 18.4 Å². The molecule has 0 amide bonds. The van der Waals surface area contributed by atoms with Gasteiger partial charge in [-0.3, -0.25) is 28.8 Å². The highest BCUT2D eigenvalue weighted by Crippen LogP contribution is 2.21. The fraction of sp³-hybridized carbons (Fsp3) is 0.842. The maximum absolute atomic E-state index is 12.3. The Balaban J connectivity index is -0.000000750. The monoisotopic (exact) mass is 796 g/mol. The zero-order valence-electron chi connectivity index (χ0n) is 34.0. The Hall–Kier alpha value is -2.70. The minimum atomic E-state index is -0.943. The van der Waals surface area contributed by atoms with Gasteiger partial charge in [0.2, 0.25) is 0 Å². The normalized spacial score (nSPS) is 11.5. The number of hydrogen-bond acceptors (Lipinski definition) is 12. The van der Waals surface area contributed by atoms with Crippen LogP contribution in [0.2, 0.25) is 0 Å². The van der Waals surface area contributed by atoms with E-state index in [0.717, 1.165) is 31.0 Å². The molecule has 0 bridgehead atoms. The van der Waals surface area contributed by atoms with Gasteiger partial charge in [-0.25, -0.2) is 0 Å². The molecule has 0 radical (unpaired) electrons. The molecule has 0 aliphatic carbocycles. The summed E-state index contributed by atoms with van der Waals surface area (Å²) in [6, 6.07) is 0. The van der Waals surface area contributed by atoms with Crippen LogP contribution in [0.4, 0.5) is 0 Å². The molecule has 0 saturated carbocycles. The summed E-state index contributed by atoms with van der Waals surface area (Å²) < 4.78 is 30.3. The number of hydrogen-bond donors (Lipinski definition) is 0. The number of carbonyl (C=O) groups excluding carboxylic acids is 6. The molecule has 0 aliphatic rings. The molecule has 0 N–H and O–H groups in total. The molecule has 0 aromatic heterocycles. The third kappa shape index (κ3) is 39.9. The van der Waals surface area contributed by atoms with Gasteiger partial charge in [0.25, 0.3) is 0 Å². The number of carbonyl (C=O) groups is 6. The third-order valence-electron chi connectivity index (χ3n) is 5.51. The Kier molecular flexibility index (Phi) is 27.9. The van der Waals surface area contributed by atoms with E-state index in [0.29, 0.717) is 45.3 Å². The molecular formula is C38H69BrO12. The number of alkyl halides is 1. The second kappa shape index (κ2) is 27.0. The quantitative estimate of drug-likeness (QED) is 0.0456. The summed E-state index contributed by atoms with van der Waals surface area (Å²) in [6.07, 6.45) is 6.12. The standard InChI is InChI=1S/C19H34O6.C11H20O4.C8H15BrO2/c1-8-23-15(20)13-11-9-10-12-14(16(21)24-18(2,3)4)17(22)25-19(5,6)7;1-10(2,3)14-8(12)7-9(13)15-11(4,5)6;1-2-11-8(10)6-4-3-5-7-9/h14H,8-13H2,1-7H3;7H2,1-6H3;2-7H2,1H3. The van der Waals surface area contributed by atoms with Gasteiger partial charge in [-0.1, -0.05) is 35.2 Å². The summed E-state index contributed by atoms with van der Waals surface area (Å²) in [4.78, 5) is 69.2. The van der Waals surface area contributed by atoms with Crippen LogP contribution in [0.25, 0.3) is 0 Å². The predicted molar refractivity (Wildman–Crippen MR) is 200 cm³/mol. The second-order valence-corrected chi connectivity index (χ2v) is 16.5. The van der Waals surface area contributed by atoms with Crippen molar-refractivity contribution in [3.05, 3.63) is 0 Å². The molecule has 300 valence electrons. The average molecular weight is 798 g/mol. The largest absolute Gasteiger partial charge is 0.466 e. The number of halogens is 1. The van der Waals surface area contributed by atoms with Gasteiger partial charge in [-0.15, -0.1) is 0 Å². The molecule has 0 saturated heterocycles. The van der Waals surface area contributed by atoms with Crippen LogP contribution < -0.4 is 0 Å². The van der Waals surface area contributed by atoms with E-state index < -0.39 is 52.2 Å². The first-order valence-electron chi connectivity index (χ1n) is 17.9. The summed E-state index contributed by atoms with van der Waals surface area (Å²) >= 11 is 3.33. The van der Waals surface area contributed by atoms with Crippen molar-refractivity contribution in [1.82, 2.24) is 0 Å². The van der Waals surface area contributed by atoms with Gasteiger partial charge in [-0.05, 0) is 123 Å². The van der Waals surface area contributed by atoms with Crippen LogP contribution in [0, 0.1) is 5.92 Å². The fourth-order valence-electron chi connectivity index (χ4n) is 3.75. The predicted octanol–water partition coefficient (Wildman–Crippen LogP) is 8.36. The molecule has 0 fully saturated rings. The average Bonchev–Trinajstić information content (AvgIpc) is 2.90. The highest BCUT2D eigenvalue weighted by atomic mass is 79.9. The van der Waals surface area contributed by atoms with Crippen molar-refractivity contribution in [2.75, 3.05) is 18.5 Å². The Morgan fingerprint density at radius 3 is 1.10 bits per heavy atom. The first-order valence-corrected chi connectivity index (χ1v) is 19.0. The summed E-state index contributed by atoms with van der Waals surface area (Å²) in [5.41, 5.74) is -2.47. The highest BCUT2D eigenvalue weighted by molar-refractivity contribution is 9.09. The number of esters is 6. The van der Waals surface area contributed by atoms with Gasteiger partial charge in [-0.2, -0.15) is 0 Å². The van der Waals surface area contributed by atoms with E-state index in [1.165, 1.54) is 0 Å². The lowest BCUT2D eigenvalue weighted by Gasteiger charge is -2.26. The molecule has 0 aromatic carbocycles. The lowest BCUT2D eigenvalue weighted by atomic mass is 10.00. The highest BCUT2D eigenvalue weighted by Gasteiger charge is 2.34.